The van der Waals surface area contributed by atoms with E-state index in [1.165, 1.54) is 20.0 Å². The van der Waals surface area contributed by atoms with E-state index in [0.29, 0.717) is 4.47 Å². The lowest BCUT2D eigenvalue weighted by atomic mass is 10.0. The second-order valence-electron chi connectivity index (χ2n) is 8.82. The van der Waals surface area contributed by atoms with Gasteiger partial charge in [0.25, 0.3) is 0 Å². The minimum Gasteiger partial charge on any atom is -0.462 e. The number of ether oxygens (including phenoxy) is 2. The van der Waals surface area contributed by atoms with E-state index in [0.717, 1.165) is 4.57 Å². The maximum Gasteiger partial charge on any atom is 0.459 e. The first-order valence-electron chi connectivity index (χ1n) is 11.3. The Kier molecular flexibility index (Phi) is 9.44. The first-order chi connectivity index (χ1) is 17.2. The number of hydrogen-bond donors (Lipinski definition) is 3. The molecule has 1 fully saturated rings. The van der Waals surface area contributed by atoms with Gasteiger partial charge in [-0.1, -0.05) is 18.2 Å². The van der Waals surface area contributed by atoms with Crippen molar-refractivity contribution in [3.05, 3.63) is 51.5 Å². The summed E-state index contributed by atoms with van der Waals surface area (Å²) in [4.78, 5) is 27.0. The van der Waals surface area contributed by atoms with Crippen LogP contribution in [0.5, 0.6) is 5.75 Å². The molecule has 6 atom stereocenters. The van der Waals surface area contributed by atoms with Crippen molar-refractivity contribution in [3.8, 4) is 5.75 Å². The van der Waals surface area contributed by atoms with Crippen molar-refractivity contribution >= 4 is 47.1 Å². The predicted molar refractivity (Wildman–Crippen MR) is 139 cm³/mol. The van der Waals surface area contributed by atoms with Crippen LogP contribution in [0.25, 0.3) is 0 Å². The number of para-hydroxylation sites is 1. The lowest BCUT2D eigenvalue weighted by Crippen LogP contribution is -2.42. The number of carbonyl (C=O) groups excluding carboxylic acids is 1. The monoisotopic (exact) mass is 622 g/mol. The van der Waals surface area contributed by atoms with Crippen molar-refractivity contribution in [1.82, 2.24) is 14.6 Å². The van der Waals surface area contributed by atoms with E-state index in [1.807, 2.05) is 0 Å². The molecule has 1 aromatic carbocycles. The molecule has 0 radical (unpaired) electrons. The number of nitrogens with one attached hydrogen (secondary N) is 1. The first kappa shape index (κ1) is 29.6. The van der Waals surface area contributed by atoms with E-state index < -0.39 is 61.5 Å². The van der Waals surface area contributed by atoms with Gasteiger partial charge in [-0.3, -0.25) is 13.9 Å². The lowest BCUT2D eigenvalue weighted by molar-refractivity contribution is -0.149. The summed E-state index contributed by atoms with van der Waals surface area (Å²) >= 11 is 9.79. The lowest BCUT2D eigenvalue weighted by Gasteiger charge is -2.26. The number of nitrogen functional groups attached to an aromatic ring is 1. The van der Waals surface area contributed by atoms with Gasteiger partial charge in [-0.25, -0.2) is 9.36 Å². The standard InChI is InChI=1S/C22H29BrClN4O8P/c1-12(2)34-19(30)13(3)27-37(32,36-14-8-6-5-7-9-14)33-11-16-17(29)22(4,24)20(35-16)28-10-15(23)18(25)26-21(28)31/h5-10,12-13,16-17,20,29H,11H2,1-4H3,(H,27,32)(H2,25,26,31)/t13-,16-,17-,20?,22-,37?/m1/s1. The Morgan fingerprint density at radius 3 is 2.65 bits per heavy atom. The molecule has 2 heterocycles. The smallest absolute Gasteiger partial charge is 0.459 e. The summed E-state index contributed by atoms with van der Waals surface area (Å²) in [5.74, 6) is -0.479. The number of esters is 1. The van der Waals surface area contributed by atoms with Gasteiger partial charge in [-0.05, 0) is 55.8 Å². The van der Waals surface area contributed by atoms with Gasteiger partial charge in [0.2, 0.25) is 0 Å². The van der Waals surface area contributed by atoms with Crippen LogP contribution in [-0.2, 0) is 23.4 Å². The third kappa shape index (κ3) is 7.11. The molecule has 1 aliphatic rings. The quantitative estimate of drug-likeness (QED) is 0.202. The summed E-state index contributed by atoms with van der Waals surface area (Å²) in [6.45, 7) is 5.81. The fraction of sp³-hybridized carbons (Fsp3) is 0.500. The molecule has 2 unspecified atom stereocenters. The number of hydrogen-bond acceptors (Lipinski definition) is 10. The van der Waals surface area contributed by atoms with E-state index in [-0.39, 0.29) is 11.6 Å². The molecule has 2 aromatic rings. The summed E-state index contributed by atoms with van der Waals surface area (Å²) in [6, 6.07) is 7.12. The second kappa shape index (κ2) is 11.8. The zero-order valence-electron chi connectivity index (χ0n) is 20.5. The molecule has 1 aliphatic heterocycles. The van der Waals surface area contributed by atoms with Gasteiger partial charge in [0.15, 0.2) is 6.23 Å². The van der Waals surface area contributed by atoms with Crippen molar-refractivity contribution in [2.75, 3.05) is 12.3 Å². The van der Waals surface area contributed by atoms with Gasteiger partial charge in [0.05, 0.1) is 17.2 Å². The molecule has 204 valence electrons. The van der Waals surface area contributed by atoms with E-state index in [4.69, 9.17) is 35.9 Å². The van der Waals surface area contributed by atoms with Crippen molar-refractivity contribution in [1.29, 1.82) is 0 Å². The number of rotatable bonds is 10. The molecule has 0 bridgehead atoms. The maximum atomic E-state index is 13.7. The van der Waals surface area contributed by atoms with Crippen LogP contribution in [0, 0.1) is 0 Å². The molecule has 37 heavy (non-hydrogen) atoms. The Morgan fingerprint density at radius 2 is 2.03 bits per heavy atom. The molecule has 0 saturated carbocycles. The number of nitrogens with two attached hydrogens (primary N) is 1. The minimum atomic E-state index is -4.22. The van der Waals surface area contributed by atoms with Gasteiger partial charge in [-0.2, -0.15) is 10.1 Å². The van der Waals surface area contributed by atoms with Crippen molar-refractivity contribution in [3.63, 3.8) is 0 Å². The maximum absolute atomic E-state index is 13.7. The largest absolute Gasteiger partial charge is 0.462 e. The van der Waals surface area contributed by atoms with Crippen LogP contribution >= 0.6 is 35.3 Å². The summed E-state index contributed by atoms with van der Waals surface area (Å²) in [5, 5.41) is 13.4. The molecule has 0 aliphatic carbocycles. The number of aromatic nitrogens is 2. The SMILES string of the molecule is CC(C)OC(=O)[C@@H](C)NP(=O)(OC[C@H]1OC(n2cc(Br)c(N)nc2=O)[C@](C)(Cl)[C@@H]1O)Oc1ccccc1. The predicted octanol–water partition coefficient (Wildman–Crippen LogP) is 2.98. The molecule has 3 rings (SSSR count). The minimum absolute atomic E-state index is 0.0221. The fourth-order valence-corrected chi connectivity index (χ4v) is 5.59. The number of anilines is 1. The van der Waals surface area contributed by atoms with Crippen LogP contribution < -0.4 is 21.0 Å². The molecule has 4 N–H and O–H groups in total. The molecule has 0 amide bonds. The first-order valence-corrected chi connectivity index (χ1v) is 14.0. The number of carbonyl (C=O) groups is 1. The normalized spacial score (nSPS) is 26.0. The Hall–Kier alpha value is -1.99. The van der Waals surface area contributed by atoms with Crippen molar-refractivity contribution in [2.24, 2.45) is 0 Å². The summed E-state index contributed by atoms with van der Waals surface area (Å²) in [6.07, 6.45) is -2.71. The zero-order chi connectivity index (χ0) is 27.5. The average molecular weight is 624 g/mol. The highest BCUT2D eigenvalue weighted by molar-refractivity contribution is 9.10. The Labute approximate surface area is 227 Å². The summed E-state index contributed by atoms with van der Waals surface area (Å²) in [5.41, 5.74) is 4.91. The van der Waals surface area contributed by atoms with Crippen LogP contribution in [0.2, 0.25) is 0 Å². The third-order valence-electron chi connectivity index (χ3n) is 5.34. The van der Waals surface area contributed by atoms with Crippen LogP contribution in [0.3, 0.4) is 0 Å². The molecule has 1 aromatic heterocycles. The number of alkyl halides is 1. The topological polar surface area (TPSA) is 164 Å². The molecule has 0 spiro atoms. The van der Waals surface area contributed by atoms with Gasteiger partial charge in [-0.15, -0.1) is 11.6 Å². The highest BCUT2D eigenvalue weighted by atomic mass is 79.9. The molecular formula is C22H29BrClN4O8P. The van der Waals surface area contributed by atoms with Crippen LogP contribution in [0.4, 0.5) is 5.82 Å². The van der Waals surface area contributed by atoms with Crippen LogP contribution in [0.15, 0.2) is 45.8 Å². The number of aliphatic hydroxyl groups is 1. The molecular weight excluding hydrogens is 595 g/mol. The number of benzene rings is 1. The highest BCUT2D eigenvalue weighted by Gasteiger charge is 2.54. The molecule has 15 heteroatoms. The van der Waals surface area contributed by atoms with E-state index in [9.17, 15) is 19.3 Å². The number of aliphatic hydroxyl groups excluding tert-OH is 1. The molecule has 12 nitrogen and oxygen atoms in total. The Morgan fingerprint density at radius 1 is 1.38 bits per heavy atom. The summed E-state index contributed by atoms with van der Waals surface area (Å²) < 4.78 is 37.3. The highest BCUT2D eigenvalue weighted by Crippen LogP contribution is 2.48. The Balaban J connectivity index is 1.81. The van der Waals surface area contributed by atoms with Crippen molar-refractivity contribution in [2.45, 2.75) is 63.2 Å². The zero-order valence-corrected chi connectivity index (χ0v) is 23.8. The fourth-order valence-electron chi connectivity index (χ4n) is 3.48. The van der Waals surface area contributed by atoms with E-state index in [1.54, 1.807) is 44.2 Å². The van der Waals surface area contributed by atoms with E-state index >= 15 is 0 Å². The second-order valence-corrected chi connectivity index (χ2v) is 12.2. The Bertz CT molecular complexity index is 1210. The molecule has 1 saturated heterocycles. The summed E-state index contributed by atoms with van der Waals surface area (Å²) in [7, 11) is -4.22. The van der Waals surface area contributed by atoms with Gasteiger partial charge in [0.1, 0.15) is 34.7 Å². The average Bonchev–Trinajstić information content (AvgIpc) is 3.03. The van der Waals surface area contributed by atoms with Crippen LogP contribution in [0.1, 0.15) is 33.9 Å². The van der Waals surface area contributed by atoms with Gasteiger partial charge < -0.3 is 24.8 Å². The van der Waals surface area contributed by atoms with E-state index in [2.05, 4.69) is 26.0 Å². The third-order valence-corrected chi connectivity index (χ3v) is 8.00. The van der Waals surface area contributed by atoms with Crippen LogP contribution in [-0.4, -0.2) is 56.5 Å². The number of halogens is 2. The number of nitrogens with zero attached hydrogens (tertiary/aromatic N) is 2. The van der Waals surface area contributed by atoms with Gasteiger partial charge in [0, 0.05) is 6.20 Å². The van der Waals surface area contributed by atoms with Gasteiger partial charge >= 0.3 is 19.4 Å². The van der Waals surface area contributed by atoms with Crippen molar-refractivity contribution < 1.29 is 33.0 Å².